The van der Waals surface area contributed by atoms with E-state index in [1.165, 1.54) is 14.4 Å². The molecule has 0 unspecified atom stereocenters. The fourth-order valence-corrected chi connectivity index (χ4v) is 7.75. The minimum absolute atomic E-state index is 1.04. The Kier molecular flexibility index (Phi) is 4.64. The molecule has 0 aliphatic rings. The van der Waals surface area contributed by atoms with Gasteiger partial charge < -0.3 is 0 Å². The number of hydrogen-bond acceptors (Lipinski definition) is 2. The van der Waals surface area contributed by atoms with Crippen LogP contribution in [0.3, 0.4) is 0 Å². The summed E-state index contributed by atoms with van der Waals surface area (Å²) in [7, 11) is 0. The molecule has 4 heteroatoms. The molecule has 0 atom stereocenters. The third-order valence-electron chi connectivity index (χ3n) is 4.53. The predicted octanol–water partition coefficient (Wildman–Crippen LogP) is 4.39. The maximum absolute atomic E-state index is 4.58. The molecule has 124 valence electrons. The molecular weight excluding hydrogens is 413 g/mol. The summed E-state index contributed by atoms with van der Waals surface area (Å²) in [5, 5.41) is 1.15. The van der Waals surface area contributed by atoms with Crippen LogP contribution in [0.5, 0.6) is 0 Å². The Morgan fingerprint density at radius 1 is 0.667 bits per heavy atom. The van der Waals surface area contributed by atoms with E-state index in [1.807, 2.05) is 0 Å². The molecule has 0 N–H and O–H groups in total. The van der Waals surface area contributed by atoms with Crippen molar-refractivity contribution in [2.45, 2.75) is 34.5 Å². The zero-order valence-corrected chi connectivity index (χ0v) is 19.7. The van der Waals surface area contributed by atoms with Gasteiger partial charge >= 0.3 is 151 Å². The number of aromatic nitrogens is 2. The second-order valence-corrected chi connectivity index (χ2v) is 29.8. The fraction of sp³-hybridized carbons (Fsp3) is 0.300. The van der Waals surface area contributed by atoms with Crippen molar-refractivity contribution in [2.24, 2.45) is 0 Å². The first-order valence-corrected chi connectivity index (χ1v) is 23.2. The van der Waals surface area contributed by atoms with Gasteiger partial charge in [-0.2, -0.15) is 0 Å². The van der Waals surface area contributed by atoms with E-state index in [2.05, 4.69) is 87.0 Å². The molecule has 2 aromatic carbocycles. The molecule has 0 aliphatic carbocycles. The number of rotatable bonds is 3. The summed E-state index contributed by atoms with van der Waals surface area (Å²) in [5.41, 5.74) is 3.29. The summed E-state index contributed by atoms with van der Waals surface area (Å²) in [6, 6.07) is 15.8. The van der Waals surface area contributed by atoms with Gasteiger partial charge in [-0.25, -0.2) is 0 Å². The minimum atomic E-state index is -1.84. The Morgan fingerprint density at radius 2 is 1.25 bits per heavy atom. The molecule has 0 spiro atoms. The van der Waals surface area contributed by atoms with Crippen molar-refractivity contribution in [1.82, 2.24) is 9.97 Å². The molecule has 0 amide bonds. The molecule has 1 heterocycles. The van der Waals surface area contributed by atoms with E-state index in [0.29, 0.717) is 0 Å². The average Bonchev–Trinajstić information content (AvgIpc) is 2.52. The van der Waals surface area contributed by atoms with Crippen molar-refractivity contribution in [1.29, 1.82) is 0 Å². The van der Waals surface area contributed by atoms with Gasteiger partial charge in [-0.3, -0.25) is 0 Å². The summed E-state index contributed by atoms with van der Waals surface area (Å²) < 4.78 is 3.02. The van der Waals surface area contributed by atoms with Gasteiger partial charge in [0, 0.05) is 0 Å². The first-order valence-electron chi connectivity index (χ1n) is 8.52. The van der Waals surface area contributed by atoms with Crippen LogP contribution in [0.1, 0.15) is 0 Å². The normalized spacial score (nSPS) is 12.6. The topological polar surface area (TPSA) is 25.8 Å². The van der Waals surface area contributed by atoms with Crippen molar-refractivity contribution in [3.8, 4) is 11.3 Å². The monoisotopic (exact) mass is 442 g/mol. The molecule has 3 aromatic rings. The Morgan fingerprint density at radius 3 is 1.83 bits per heavy atom. The van der Waals surface area contributed by atoms with Gasteiger partial charge in [0.05, 0.1) is 0 Å². The number of hydrogen-bond donors (Lipinski definition) is 0. The van der Waals surface area contributed by atoms with Crippen LogP contribution in [0.4, 0.5) is 0 Å². The molecule has 0 radical (unpaired) electrons. The van der Waals surface area contributed by atoms with E-state index >= 15 is 0 Å². The fourth-order valence-electron chi connectivity index (χ4n) is 2.88. The maximum atomic E-state index is 4.58. The van der Waals surface area contributed by atoms with Gasteiger partial charge in [-0.15, -0.1) is 0 Å². The van der Waals surface area contributed by atoms with Crippen molar-refractivity contribution in [3.63, 3.8) is 0 Å². The molecule has 0 aliphatic heterocycles. The first kappa shape index (κ1) is 17.7. The summed E-state index contributed by atoms with van der Waals surface area (Å²) in [6.45, 7) is 0. The molecule has 0 bridgehead atoms. The van der Waals surface area contributed by atoms with Crippen LogP contribution in [0, 0.1) is 0 Å². The summed E-state index contributed by atoms with van der Waals surface area (Å²) in [6.07, 6.45) is 1.70. The van der Waals surface area contributed by atoms with Gasteiger partial charge in [0.2, 0.25) is 0 Å². The number of benzene rings is 2. The van der Waals surface area contributed by atoms with Crippen molar-refractivity contribution < 1.29 is 0 Å². The van der Waals surface area contributed by atoms with Crippen LogP contribution in [0.2, 0.25) is 34.5 Å². The number of fused-ring (bicyclic) bond motifs is 1. The average molecular weight is 440 g/mol. The zero-order valence-electron chi connectivity index (χ0n) is 15.5. The molecule has 1 aromatic heterocycles. The Labute approximate surface area is 150 Å². The predicted molar refractivity (Wildman–Crippen MR) is 111 cm³/mol. The van der Waals surface area contributed by atoms with Crippen LogP contribution in [0.25, 0.3) is 22.2 Å². The molecular formula is C20H26Ge2N2. The van der Waals surface area contributed by atoms with Crippen LogP contribution >= 0.6 is 0 Å². The molecule has 0 saturated carbocycles. The van der Waals surface area contributed by atoms with E-state index in [9.17, 15) is 0 Å². The molecule has 24 heavy (non-hydrogen) atoms. The summed E-state index contributed by atoms with van der Waals surface area (Å²) >= 11 is -3.61. The van der Waals surface area contributed by atoms with E-state index in [0.717, 1.165) is 16.6 Å². The molecule has 0 fully saturated rings. The second kappa shape index (κ2) is 6.30. The number of nitrogens with zero attached hydrogens (tertiary/aromatic N) is 2. The Hall–Kier alpha value is -1.13. The van der Waals surface area contributed by atoms with Gasteiger partial charge in [0.15, 0.2) is 0 Å². The summed E-state index contributed by atoms with van der Waals surface area (Å²) in [5.74, 6) is 14.5. The van der Waals surface area contributed by atoms with Crippen molar-refractivity contribution in [2.75, 3.05) is 0 Å². The quantitative estimate of drug-likeness (QED) is 0.566. The van der Waals surface area contributed by atoms with E-state index in [1.54, 1.807) is 6.33 Å². The van der Waals surface area contributed by atoms with Gasteiger partial charge in [0.1, 0.15) is 0 Å². The first-order chi connectivity index (χ1) is 11.2. The van der Waals surface area contributed by atoms with Gasteiger partial charge in [0.25, 0.3) is 0 Å². The molecule has 3 rings (SSSR count). The third-order valence-corrected chi connectivity index (χ3v) is 13.1. The van der Waals surface area contributed by atoms with E-state index < -0.39 is 26.5 Å². The molecule has 0 saturated heterocycles. The van der Waals surface area contributed by atoms with Crippen molar-refractivity contribution in [3.05, 3.63) is 48.8 Å². The van der Waals surface area contributed by atoms with Crippen LogP contribution in [-0.2, 0) is 0 Å². The Balaban J connectivity index is 2.10. The summed E-state index contributed by atoms with van der Waals surface area (Å²) in [4.78, 5) is 9.11. The van der Waals surface area contributed by atoms with Gasteiger partial charge in [-0.1, -0.05) is 0 Å². The van der Waals surface area contributed by atoms with Crippen LogP contribution in [0.15, 0.2) is 48.8 Å². The molecule has 2 nitrogen and oxygen atoms in total. The van der Waals surface area contributed by atoms with E-state index in [-0.39, 0.29) is 0 Å². The van der Waals surface area contributed by atoms with E-state index in [4.69, 9.17) is 0 Å². The Bertz CT molecular complexity index is 873. The van der Waals surface area contributed by atoms with Crippen LogP contribution < -0.4 is 8.79 Å². The van der Waals surface area contributed by atoms with Gasteiger partial charge in [-0.05, 0) is 0 Å². The van der Waals surface area contributed by atoms with Crippen LogP contribution in [-0.4, -0.2) is 36.5 Å². The SMILES string of the molecule is [CH3][Ge]([CH3])([CH3])[c]1ccc(-c2ncnc3c[c]([Ge]([CH3])([CH3])[CH3])ccc23)cc1. The zero-order chi connectivity index (χ0) is 17.5. The third kappa shape index (κ3) is 3.59. The standard InChI is InChI=1S/C20H26Ge2N2/c1-21(2,3)16-9-7-15(8-10-16)20-18-12-11-17(22(4,5)6)13-19(18)23-14-24-20/h7-14H,1-6H3. The van der Waals surface area contributed by atoms with Crippen molar-refractivity contribution >= 4 is 46.2 Å². The second-order valence-electron chi connectivity index (χ2n) is 8.53.